The van der Waals surface area contributed by atoms with Crippen molar-refractivity contribution < 1.29 is 14.7 Å². The quantitative estimate of drug-likeness (QED) is 0.879. The van der Waals surface area contributed by atoms with Crippen LogP contribution < -0.4 is 4.90 Å². The van der Waals surface area contributed by atoms with E-state index in [1.165, 1.54) is 6.07 Å². The molecular formula is C12H13ClN2O3. The third-order valence-corrected chi connectivity index (χ3v) is 3.32. The molecule has 1 fully saturated rings. The van der Waals surface area contributed by atoms with Gasteiger partial charge in [0.15, 0.2) is 0 Å². The van der Waals surface area contributed by atoms with Crippen molar-refractivity contribution in [2.75, 3.05) is 31.6 Å². The van der Waals surface area contributed by atoms with Gasteiger partial charge in [-0.15, -0.1) is 0 Å². The van der Waals surface area contributed by atoms with Crippen molar-refractivity contribution in [3.05, 3.63) is 28.8 Å². The summed E-state index contributed by atoms with van der Waals surface area (Å²) in [4.78, 5) is 26.0. The minimum atomic E-state index is -1.05. The molecule has 0 atom stereocenters. The predicted molar refractivity (Wildman–Crippen MR) is 68.3 cm³/mol. The third kappa shape index (κ3) is 2.41. The molecular weight excluding hydrogens is 256 g/mol. The van der Waals surface area contributed by atoms with Crippen LogP contribution >= 0.6 is 11.6 Å². The van der Waals surface area contributed by atoms with E-state index in [2.05, 4.69) is 0 Å². The number of piperazine rings is 1. The van der Waals surface area contributed by atoms with Gasteiger partial charge in [-0.3, -0.25) is 4.79 Å². The van der Waals surface area contributed by atoms with Crippen molar-refractivity contribution in [2.24, 2.45) is 0 Å². The zero-order valence-electron chi connectivity index (χ0n) is 9.89. The Morgan fingerprint density at radius 2 is 2.11 bits per heavy atom. The number of hydrogen-bond donors (Lipinski definition) is 1. The van der Waals surface area contributed by atoms with E-state index in [0.717, 1.165) is 5.69 Å². The highest BCUT2D eigenvalue weighted by atomic mass is 35.5. The summed E-state index contributed by atoms with van der Waals surface area (Å²) in [6, 6.07) is 4.72. The highest BCUT2D eigenvalue weighted by molar-refractivity contribution is 6.33. The number of likely N-dealkylation sites (N-methyl/N-ethyl adjacent to an activating group) is 1. The van der Waals surface area contributed by atoms with Crippen molar-refractivity contribution in [2.45, 2.75) is 0 Å². The highest BCUT2D eigenvalue weighted by Crippen LogP contribution is 2.24. The van der Waals surface area contributed by atoms with Crippen molar-refractivity contribution in [1.82, 2.24) is 4.90 Å². The summed E-state index contributed by atoms with van der Waals surface area (Å²) < 4.78 is 0. The Kier molecular flexibility index (Phi) is 3.43. The minimum absolute atomic E-state index is 0.0414. The number of halogens is 1. The molecule has 1 N–H and O–H groups in total. The van der Waals surface area contributed by atoms with Gasteiger partial charge in [-0.2, -0.15) is 0 Å². The van der Waals surface area contributed by atoms with Crippen molar-refractivity contribution in [3.8, 4) is 0 Å². The van der Waals surface area contributed by atoms with Crippen LogP contribution in [0, 0.1) is 0 Å². The van der Waals surface area contributed by atoms with E-state index in [1.54, 1.807) is 24.1 Å². The van der Waals surface area contributed by atoms with Crippen LogP contribution in [0.15, 0.2) is 18.2 Å². The molecule has 0 saturated carbocycles. The number of carbonyl (C=O) groups excluding carboxylic acids is 1. The van der Waals surface area contributed by atoms with Crippen LogP contribution in [0.2, 0.25) is 5.02 Å². The lowest BCUT2D eigenvalue weighted by molar-refractivity contribution is -0.129. The first kappa shape index (κ1) is 12.7. The van der Waals surface area contributed by atoms with Gasteiger partial charge in [0, 0.05) is 25.8 Å². The number of benzene rings is 1. The molecule has 1 heterocycles. The molecule has 0 bridgehead atoms. The monoisotopic (exact) mass is 268 g/mol. The first-order chi connectivity index (χ1) is 8.49. The van der Waals surface area contributed by atoms with E-state index < -0.39 is 5.97 Å². The van der Waals surface area contributed by atoms with E-state index in [9.17, 15) is 9.59 Å². The van der Waals surface area contributed by atoms with Gasteiger partial charge in [-0.1, -0.05) is 11.6 Å². The number of nitrogens with zero attached hydrogens (tertiary/aromatic N) is 2. The fourth-order valence-electron chi connectivity index (χ4n) is 1.85. The Bertz CT molecular complexity index is 504. The summed E-state index contributed by atoms with van der Waals surface area (Å²) >= 11 is 5.91. The molecule has 18 heavy (non-hydrogen) atoms. The Hall–Kier alpha value is -1.75. The van der Waals surface area contributed by atoms with Gasteiger partial charge in [0.25, 0.3) is 0 Å². The fraction of sp³-hybridized carbons (Fsp3) is 0.333. The molecule has 1 amide bonds. The molecule has 1 aromatic rings. The van der Waals surface area contributed by atoms with Crippen molar-refractivity contribution in [1.29, 1.82) is 0 Å². The fourth-order valence-corrected chi connectivity index (χ4v) is 2.11. The Morgan fingerprint density at radius 1 is 1.39 bits per heavy atom. The Balaban J connectivity index is 2.22. The van der Waals surface area contributed by atoms with Gasteiger partial charge in [0.1, 0.15) is 0 Å². The molecule has 1 aromatic carbocycles. The normalized spacial score (nSPS) is 16.0. The number of carboxylic acid groups (broad SMARTS) is 1. The number of carbonyl (C=O) groups is 2. The van der Waals surface area contributed by atoms with Crippen LogP contribution in [-0.4, -0.2) is 48.6 Å². The Morgan fingerprint density at radius 3 is 2.67 bits per heavy atom. The molecule has 0 aromatic heterocycles. The van der Waals surface area contributed by atoms with E-state index in [-0.39, 0.29) is 16.5 Å². The molecule has 0 spiro atoms. The Labute approximate surface area is 110 Å². The number of rotatable bonds is 2. The average molecular weight is 269 g/mol. The predicted octanol–water partition coefficient (Wildman–Crippen LogP) is 1.32. The number of amides is 1. The van der Waals surface area contributed by atoms with Crippen LogP contribution in [0.1, 0.15) is 10.4 Å². The third-order valence-electron chi connectivity index (χ3n) is 3.01. The summed E-state index contributed by atoms with van der Waals surface area (Å²) in [6.07, 6.45) is 0. The summed E-state index contributed by atoms with van der Waals surface area (Å²) in [5, 5.41) is 9.07. The van der Waals surface area contributed by atoms with Crippen LogP contribution in [0.25, 0.3) is 0 Å². The summed E-state index contributed by atoms with van der Waals surface area (Å²) in [6.45, 7) is 1.65. The van der Waals surface area contributed by atoms with E-state index in [0.29, 0.717) is 19.6 Å². The van der Waals surface area contributed by atoms with Gasteiger partial charge < -0.3 is 14.9 Å². The van der Waals surface area contributed by atoms with Crippen LogP contribution in [0.5, 0.6) is 0 Å². The molecule has 2 rings (SSSR count). The second kappa shape index (κ2) is 4.86. The van der Waals surface area contributed by atoms with Crippen molar-refractivity contribution in [3.63, 3.8) is 0 Å². The zero-order chi connectivity index (χ0) is 13.3. The lowest BCUT2D eigenvalue weighted by Crippen LogP contribution is -2.48. The van der Waals surface area contributed by atoms with E-state index in [1.807, 2.05) is 4.90 Å². The largest absolute Gasteiger partial charge is 0.478 e. The van der Waals surface area contributed by atoms with E-state index in [4.69, 9.17) is 16.7 Å². The van der Waals surface area contributed by atoms with Gasteiger partial charge in [0.2, 0.25) is 5.91 Å². The first-order valence-electron chi connectivity index (χ1n) is 5.51. The van der Waals surface area contributed by atoms with Gasteiger partial charge in [-0.05, 0) is 18.2 Å². The average Bonchev–Trinajstić information content (AvgIpc) is 2.32. The van der Waals surface area contributed by atoms with E-state index >= 15 is 0 Å². The molecule has 1 aliphatic heterocycles. The van der Waals surface area contributed by atoms with Crippen LogP contribution in [-0.2, 0) is 4.79 Å². The standard InChI is InChI=1S/C12H13ClN2O3/c1-14-4-5-15(7-11(14)16)8-2-3-9(12(17)18)10(13)6-8/h2-3,6H,4-5,7H2,1H3,(H,17,18). The maximum atomic E-state index is 11.6. The van der Waals surface area contributed by atoms with Crippen LogP contribution in [0.4, 0.5) is 5.69 Å². The minimum Gasteiger partial charge on any atom is -0.478 e. The maximum absolute atomic E-state index is 11.6. The SMILES string of the molecule is CN1CCN(c2ccc(C(=O)O)c(Cl)c2)CC1=O. The molecule has 6 heteroatoms. The molecule has 0 unspecified atom stereocenters. The summed E-state index contributed by atoms with van der Waals surface area (Å²) in [5.41, 5.74) is 0.840. The van der Waals surface area contributed by atoms with Gasteiger partial charge in [-0.25, -0.2) is 4.79 Å². The maximum Gasteiger partial charge on any atom is 0.337 e. The molecule has 96 valence electrons. The first-order valence-corrected chi connectivity index (χ1v) is 5.88. The van der Waals surface area contributed by atoms with Gasteiger partial charge in [0.05, 0.1) is 17.1 Å². The number of aromatic carboxylic acids is 1. The van der Waals surface area contributed by atoms with Crippen LogP contribution in [0.3, 0.4) is 0 Å². The topological polar surface area (TPSA) is 60.9 Å². The summed E-state index contributed by atoms with van der Waals surface area (Å²) in [5.74, 6) is -1.01. The molecule has 0 aliphatic carbocycles. The van der Waals surface area contributed by atoms with Crippen molar-refractivity contribution >= 4 is 29.2 Å². The molecule has 1 saturated heterocycles. The smallest absolute Gasteiger partial charge is 0.337 e. The van der Waals surface area contributed by atoms with Gasteiger partial charge >= 0.3 is 5.97 Å². The molecule has 5 nitrogen and oxygen atoms in total. The number of anilines is 1. The molecule has 1 aliphatic rings. The summed E-state index contributed by atoms with van der Waals surface area (Å²) in [7, 11) is 1.76. The number of carboxylic acids is 1. The number of hydrogen-bond acceptors (Lipinski definition) is 3. The lowest BCUT2D eigenvalue weighted by Gasteiger charge is -2.33. The zero-order valence-corrected chi connectivity index (χ0v) is 10.6. The second-order valence-corrected chi connectivity index (χ2v) is 4.61. The lowest BCUT2D eigenvalue weighted by atomic mass is 10.2. The highest BCUT2D eigenvalue weighted by Gasteiger charge is 2.22. The molecule has 0 radical (unpaired) electrons. The second-order valence-electron chi connectivity index (χ2n) is 4.21.